The molecule has 0 spiro atoms. The van der Waals surface area contributed by atoms with Crippen molar-refractivity contribution in [3.05, 3.63) is 0 Å². The van der Waals surface area contributed by atoms with Crippen molar-refractivity contribution < 1.29 is 0 Å². The lowest BCUT2D eigenvalue weighted by atomic mass is 9.53. The fourth-order valence-electron chi connectivity index (χ4n) is 5.99. The van der Waals surface area contributed by atoms with Gasteiger partial charge in [0.2, 0.25) is 0 Å². The Bertz CT molecular complexity index is 270. The molecular formula is C16H27N. The average Bonchev–Trinajstić information content (AvgIpc) is 2.27. The summed E-state index contributed by atoms with van der Waals surface area (Å²) in [6.45, 7) is 5.28. The third-order valence-corrected chi connectivity index (χ3v) is 6.29. The van der Waals surface area contributed by atoms with Crippen LogP contribution < -0.4 is 0 Å². The quantitative estimate of drug-likeness (QED) is 0.669. The van der Waals surface area contributed by atoms with Gasteiger partial charge < -0.3 is 0 Å². The molecule has 0 radical (unpaired) electrons. The summed E-state index contributed by atoms with van der Waals surface area (Å²) in [6, 6.07) is 1.01. The lowest BCUT2D eigenvalue weighted by Gasteiger charge is -2.58. The van der Waals surface area contributed by atoms with Crippen LogP contribution in [0.4, 0.5) is 0 Å². The van der Waals surface area contributed by atoms with Crippen LogP contribution in [0.3, 0.4) is 0 Å². The highest BCUT2D eigenvalue weighted by Gasteiger charge is 2.50. The first kappa shape index (κ1) is 10.8. The Morgan fingerprint density at radius 3 is 2.12 bits per heavy atom. The molecule has 0 amide bonds. The van der Waals surface area contributed by atoms with E-state index >= 15 is 0 Å². The number of hydrogen-bond donors (Lipinski definition) is 0. The molecule has 4 bridgehead atoms. The second-order valence-corrected chi connectivity index (χ2v) is 7.66. The summed E-state index contributed by atoms with van der Waals surface area (Å²) in [4.78, 5) is 2.92. The minimum Gasteiger partial charge on any atom is -0.300 e. The summed E-state index contributed by atoms with van der Waals surface area (Å²) in [6.07, 6.45) is 10.9. The molecule has 5 aliphatic rings. The topological polar surface area (TPSA) is 3.24 Å². The Morgan fingerprint density at radius 1 is 0.882 bits per heavy atom. The molecule has 1 unspecified atom stereocenters. The first-order valence-electron chi connectivity index (χ1n) is 8.03. The van der Waals surface area contributed by atoms with Gasteiger partial charge in [-0.2, -0.15) is 0 Å². The molecule has 1 aliphatic heterocycles. The molecule has 17 heavy (non-hydrogen) atoms. The van der Waals surface area contributed by atoms with Gasteiger partial charge in [0.15, 0.2) is 0 Å². The summed E-state index contributed by atoms with van der Waals surface area (Å²) < 4.78 is 0. The first-order valence-corrected chi connectivity index (χ1v) is 8.03. The van der Waals surface area contributed by atoms with Crippen LogP contribution in [0.2, 0.25) is 0 Å². The van der Waals surface area contributed by atoms with Crippen LogP contribution in [0.5, 0.6) is 0 Å². The molecule has 1 nitrogen and oxygen atoms in total. The maximum Gasteiger partial charge on any atom is 0.0152 e. The van der Waals surface area contributed by atoms with E-state index < -0.39 is 0 Å². The van der Waals surface area contributed by atoms with Gasteiger partial charge in [-0.1, -0.05) is 6.92 Å². The molecule has 96 valence electrons. The zero-order chi connectivity index (χ0) is 11.4. The standard InChI is InChI=1S/C16H27N/c1-11-3-2-4-17(10-11)16-14-6-12-5-13(8-14)9-15(16)7-12/h11-16H,2-10H2,1H3. The van der Waals surface area contributed by atoms with Crippen molar-refractivity contribution in [2.24, 2.45) is 29.6 Å². The SMILES string of the molecule is CC1CCCN(C2C3CC4CC(C3)CC2C4)C1. The molecule has 1 saturated heterocycles. The number of piperidine rings is 1. The Labute approximate surface area is 106 Å². The summed E-state index contributed by atoms with van der Waals surface area (Å²) in [5.74, 6) is 5.42. The van der Waals surface area contributed by atoms with E-state index in [9.17, 15) is 0 Å². The van der Waals surface area contributed by atoms with Gasteiger partial charge >= 0.3 is 0 Å². The molecule has 0 aromatic heterocycles. The smallest absolute Gasteiger partial charge is 0.0152 e. The summed E-state index contributed by atoms with van der Waals surface area (Å²) in [7, 11) is 0. The van der Waals surface area contributed by atoms with E-state index in [4.69, 9.17) is 0 Å². The number of nitrogens with zero attached hydrogens (tertiary/aromatic N) is 1. The average molecular weight is 233 g/mol. The lowest BCUT2D eigenvalue weighted by Crippen LogP contribution is -2.57. The minimum absolute atomic E-state index is 0.959. The maximum atomic E-state index is 2.92. The number of hydrogen-bond acceptors (Lipinski definition) is 1. The van der Waals surface area contributed by atoms with Crippen LogP contribution >= 0.6 is 0 Å². The summed E-state index contributed by atoms with van der Waals surface area (Å²) in [5, 5.41) is 0. The predicted octanol–water partition coefficient (Wildman–Crippen LogP) is 3.54. The predicted molar refractivity (Wildman–Crippen MR) is 70.8 cm³/mol. The molecule has 1 heterocycles. The molecule has 1 atom stereocenters. The van der Waals surface area contributed by atoms with Gasteiger partial charge in [-0.05, 0) is 81.1 Å². The highest BCUT2D eigenvalue weighted by atomic mass is 15.2. The summed E-state index contributed by atoms with van der Waals surface area (Å²) >= 11 is 0. The number of likely N-dealkylation sites (tertiary alicyclic amines) is 1. The Balaban J connectivity index is 1.53. The monoisotopic (exact) mass is 233 g/mol. The van der Waals surface area contributed by atoms with Crippen LogP contribution in [0.1, 0.15) is 51.9 Å². The highest BCUT2D eigenvalue weighted by molar-refractivity contribution is 5.02. The van der Waals surface area contributed by atoms with Crippen molar-refractivity contribution in [1.82, 2.24) is 4.90 Å². The highest BCUT2D eigenvalue weighted by Crippen LogP contribution is 2.55. The van der Waals surface area contributed by atoms with Crippen molar-refractivity contribution in [2.45, 2.75) is 57.9 Å². The second kappa shape index (κ2) is 3.98. The van der Waals surface area contributed by atoms with Crippen molar-refractivity contribution in [3.8, 4) is 0 Å². The van der Waals surface area contributed by atoms with Crippen molar-refractivity contribution in [2.75, 3.05) is 13.1 Å². The van der Waals surface area contributed by atoms with E-state index in [0.717, 1.165) is 35.6 Å². The molecule has 0 N–H and O–H groups in total. The Hall–Kier alpha value is -0.0400. The fraction of sp³-hybridized carbons (Fsp3) is 1.00. The van der Waals surface area contributed by atoms with Crippen molar-refractivity contribution in [1.29, 1.82) is 0 Å². The normalized spacial score (nSPS) is 54.2. The van der Waals surface area contributed by atoms with E-state index in [2.05, 4.69) is 11.8 Å². The van der Waals surface area contributed by atoms with Crippen LogP contribution in [0, 0.1) is 29.6 Å². The van der Waals surface area contributed by atoms with E-state index in [-0.39, 0.29) is 0 Å². The van der Waals surface area contributed by atoms with E-state index in [1.807, 2.05) is 0 Å². The largest absolute Gasteiger partial charge is 0.300 e. The van der Waals surface area contributed by atoms with Crippen LogP contribution in [0.15, 0.2) is 0 Å². The molecule has 4 saturated carbocycles. The third kappa shape index (κ3) is 1.77. The van der Waals surface area contributed by atoms with E-state index in [1.165, 1.54) is 25.9 Å². The maximum absolute atomic E-state index is 2.92. The fourth-order valence-corrected chi connectivity index (χ4v) is 5.99. The minimum atomic E-state index is 0.959. The van der Waals surface area contributed by atoms with Crippen LogP contribution in [0.25, 0.3) is 0 Å². The molecule has 0 aromatic carbocycles. The van der Waals surface area contributed by atoms with Gasteiger partial charge in [-0.3, -0.25) is 4.90 Å². The molecular weight excluding hydrogens is 206 g/mol. The summed E-state index contributed by atoms with van der Waals surface area (Å²) in [5.41, 5.74) is 0. The van der Waals surface area contributed by atoms with Crippen LogP contribution in [-0.4, -0.2) is 24.0 Å². The zero-order valence-corrected chi connectivity index (χ0v) is 11.3. The lowest BCUT2D eigenvalue weighted by molar-refractivity contribution is -0.0748. The Kier molecular flexibility index (Phi) is 2.54. The van der Waals surface area contributed by atoms with Crippen molar-refractivity contribution >= 4 is 0 Å². The van der Waals surface area contributed by atoms with Gasteiger partial charge in [0, 0.05) is 12.6 Å². The number of rotatable bonds is 1. The molecule has 4 aliphatic carbocycles. The van der Waals surface area contributed by atoms with Gasteiger partial charge in [0.05, 0.1) is 0 Å². The van der Waals surface area contributed by atoms with Gasteiger partial charge in [-0.25, -0.2) is 0 Å². The van der Waals surface area contributed by atoms with Gasteiger partial charge in [0.1, 0.15) is 0 Å². The van der Waals surface area contributed by atoms with Gasteiger partial charge in [0.25, 0.3) is 0 Å². The second-order valence-electron chi connectivity index (χ2n) is 7.66. The molecule has 1 heteroatoms. The first-order chi connectivity index (χ1) is 8.29. The third-order valence-electron chi connectivity index (χ3n) is 6.29. The van der Waals surface area contributed by atoms with E-state index in [0.29, 0.717) is 0 Å². The molecule has 0 aromatic rings. The van der Waals surface area contributed by atoms with Gasteiger partial charge in [-0.15, -0.1) is 0 Å². The zero-order valence-electron chi connectivity index (χ0n) is 11.3. The van der Waals surface area contributed by atoms with E-state index in [1.54, 1.807) is 32.1 Å². The molecule has 5 rings (SSSR count). The van der Waals surface area contributed by atoms with Crippen LogP contribution in [-0.2, 0) is 0 Å². The molecule has 5 fully saturated rings. The van der Waals surface area contributed by atoms with Crippen molar-refractivity contribution in [3.63, 3.8) is 0 Å². The Morgan fingerprint density at radius 2 is 1.53 bits per heavy atom.